The molecule has 1 aromatic carbocycles. The molecule has 102 valence electrons. The SMILES string of the molecule is COc1ccc(C)cc1CNCCCn1ccnc1. The van der Waals surface area contributed by atoms with Crippen LogP contribution >= 0.6 is 0 Å². The first kappa shape index (κ1) is 13.6. The second-order valence-corrected chi connectivity index (χ2v) is 4.65. The summed E-state index contributed by atoms with van der Waals surface area (Å²) in [7, 11) is 1.72. The first-order valence-corrected chi connectivity index (χ1v) is 6.59. The van der Waals surface area contributed by atoms with E-state index in [0.717, 1.165) is 31.8 Å². The molecule has 2 rings (SSSR count). The number of hydrogen-bond donors (Lipinski definition) is 1. The predicted octanol–water partition coefficient (Wildman–Crippen LogP) is 2.38. The minimum Gasteiger partial charge on any atom is -0.496 e. The molecule has 0 fully saturated rings. The number of aryl methyl sites for hydroxylation is 2. The lowest BCUT2D eigenvalue weighted by atomic mass is 10.1. The van der Waals surface area contributed by atoms with Gasteiger partial charge in [0.1, 0.15) is 5.75 Å². The Hall–Kier alpha value is -1.81. The molecular weight excluding hydrogens is 238 g/mol. The van der Waals surface area contributed by atoms with Crippen molar-refractivity contribution in [2.75, 3.05) is 13.7 Å². The average Bonchev–Trinajstić information content (AvgIpc) is 2.92. The highest BCUT2D eigenvalue weighted by molar-refractivity contribution is 5.36. The van der Waals surface area contributed by atoms with Crippen LogP contribution in [0, 0.1) is 6.92 Å². The smallest absolute Gasteiger partial charge is 0.123 e. The van der Waals surface area contributed by atoms with E-state index in [1.54, 1.807) is 7.11 Å². The van der Waals surface area contributed by atoms with E-state index in [0.29, 0.717) is 0 Å². The number of aromatic nitrogens is 2. The molecule has 0 unspecified atom stereocenters. The largest absolute Gasteiger partial charge is 0.496 e. The monoisotopic (exact) mass is 259 g/mol. The van der Waals surface area contributed by atoms with Gasteiger partial charge in [-0.15, -0.1) is 0 Å². The number of ether oxygens (including phenoxy) is 1. The molecule has 1 heterocycles. The summed E-state index contributed by atoms with van der Waals surface area (Å²) in [6.45, 7) is 4.92. The minimum atomic E-state index is 0.842. The number of nitrogens with one attached hydrogen (secondary N) is 1. The molecule has 4 heteroatoms. The molecule has 19 heavy (non-hydrogen) atoms. The maximum absolute atomic E-state index is 5.36. The van der Waals surface area contributed by atoms with Crippen LogP contribution in [0.2, 0.25) is 0 Å². The van der Waals surface area contributed by atoms with Gasteiger partial charge in [0.25, 0.3) is 0 Å². The molecule has 0 amide bonds. The third kappa shape index (κ3) is 4.10. The molecule has 0 atom stereocenters. The van der Waals surface area contributed by atoms with Crippen molar-refractivity contribution < 1.29 is 4.74 Å². The van der Waals surface area contributed by atoms with E-state index in [4.69, 9.17) is 4.74 Å². The van der Waals surface area contributed by atoms with Crippen LogP contribution in [0.1, 0.15) is 17.5 Å². The summed E-state index contributed by atoms with van der Waals surface area (Å²) in [6, 6.07) is 6.26. The molecule has 0 spiro atoms. The molecule has 0 aliphatic rings. The van der Waals surface area contributed by atoms with Gasteiger partial charge in [0.15, 0.2) is 0 Å². The highest BCUT2D eigenvalue weighted by Crippen LogP contribution is 2.19. The average molecular weight is 259 g/mol. The Bertz CT molecular complexity index is 494. The van der Waals surface area contributed by atoms with Gasteiger partial charge in [-0.2, -0.15) is 0 Å². The minimum absolute atomic E-state index is 0.842. The molecule has 2 aromatic rings. The van der Waals surface area contributed by atoms with Gasteiger partial charge in [0.2, 0.25) is 0 Å². The van der Waals surface area contributed by atoms with Crippen molar-refractivity contribution >= 4 is 0 Å². The second-order valence-electron chi connectivity index (χ2n) is 4.65. The van der Waals surface area contributed by atoms with Gasteiger partial charge >= 0.3 is 0 Å². The number of hydrogen-bond acceptors (Lipinski definition) is 3. The number of benzene rings is 1. The molecule has 4 nitrogen and oxygen atoms in total. The molecule has 0 aliphatic heterocycles. The van der Waals surface area contributed by atoms with Crippen molar-refractivity contribution in [3.8, 4) is 5.75 Å². The number of imidazole rings is 1. The zero-order chi connectivity index (χ0) is 13.5. The summed E-state index contributed by atoms with van der Waals surface area (Å²) in [5.41, 5.74) is 2.47. The van der Waals surface area contributed by atoms with E-state index in [1.165, 1.54) is 11.1 Å². The quantitative estimate of drug-likeness (QED) is 0.776. The molecule has 0 aliphatic carbocycles. The Morgan fingerprint density at radius 1 is 1.37 bits per heavy atom. The van der Waals surface area contributed by atoms with Crippen LogP contribution < -0.4 is 10.1 Å². The zero-order valence-corrected chi connectivity index (χ0v) is 11.6. The van der Waals surface area contributed by atoms with Crippen molar-refractivity contribution in [1.82, 2.24) is 14.9 Å². The second kappa shape index (κ2) is 6.95. The molecular formula is C15H21N3O. The van der Waals surface area contributed by atoms with E-state index in [9.17, 15) is 0 Å². The fraction of sp³-hybridized carbons (Fsp3) is 0.400. The maximum Gasteiger partial charge on any atom is 0.123 e. The third-order valence-corrected chi connectivity index (χ3v) is 3.08. The van der Waals surface area contributed by atoms with E-state index < -0.39 is 0 Å². The first-order chi connectivity index (χ1) is 9.29. The lowest BCUT2D eigenvalue weighted by Crippen LogP contribution is -2.16. The molecule has 1 aromatic heterocycles. The predicted molar refractivity (Wildman–Crippen MR) is 76.3 cm³/mol. The fourth-order valence-electron chi connectivity index (χ4n) is 2.07. The lowest BCUT2D eigenvalue weighted by Gasteiger charge is -2.10. The van der Waals surface area contributed by atoms with Gasteiger partial charge in [-0.25, -0.2) is 4.98 Å². The third-order valence-electron chi connectivity index (χ3n) is 3.08. The normalized spacial score (nSPS) is 10.6. The van der Waals surface area contributed by atoms with Crippen LogP contribution in [-0.2, 0) is 13.1 Å². The Labute approximate surface area is 114 Å². The standard InChI is InChI=1S/C15H21N3O/c1-13-4-5-15(19-2)14(10-13)11-16-6-3-8-18-9-7-17-12-18/h4-5,7,9-10,12,16H,3,6,8,11H2,1-2H3. The van der Waals surface area contributed by atoms with Crippen LogP contribution in [0.4, 0.5) is 0 Å². The zero-order valence-electron chi connectivity index (χ0n) is 11.6. The van der Waals surface area contributed by atoms with Crippen LogP contribution in [-0.4, -0.2) is 23.2 Å². The summed E-state index contributed by atoms with van der Waals surface area (Å²) >= 11 is 0. The lowest BCUT2D eigenvalue weighted by molar-refractivity contribution is 0.407. The topological polar surface area (TPSA) is 39.1 Å². The van der Waals surface area contributed by atoms with Gasteiger partial charge in [-0.1, -0.05) is 17.7 Å². The van der Waals surface area contributed by atoms with Crippen molar-refractivity contribution in [1.29, 1.82) is 0 Å². The number of nitrogens with zero attached hydrogens (tertiary/aromatic N) is 2. The van der Waals surface area contributed by atoms with Gasteiger partial charge in [0, 0.05) is 31.0 Å². The fourth-order valence-corrected chi connectivity index (χ4v) is 2.07. The van der Waals surface area contributed by atoms with Crippen LogP contribution in [0.15, 0.2) is 36.9 Å². The van der Waals surface area contributed by atoms with E-state index >= 15 is 0 Å². The first-order valence-electron chi connectivity index (χ1n) is 6.59. The van der Waals surface area contributed by atoms with E-state index in [1.807, 2.05) is 24.8 Å². The summed E-state index contributed by atoms with van der Waals surface area (Å²) in [5.74, 6) is 0.952. The Kier molecular flexibility index (Phi) is 4.98. The summed E-state index contributed by atoms with van der Waals surface area (Å²) in [4.78, 5) is 4.03. The number of rotatable bonds is 7. The Morgan fingerprint density at radius 2 is 2.26 bits per heavy atom. The van der Waals surface area contributed by atoms with Gasteiger partial charge in [-0.3, -0.25) is 0 Å². The Morgan fingerprint density at radius 3 is 3.00 bits per heavy atom. The van der Waals surface area contributed by atoms with Gasteiger partial charge in [0.05, 0.1) is 13.4 Å². The van der Waals surface area contributed by atoms with Crippen molar-refractivity contribution in [3.63, 3.8) is 0 Å². The van der Waals surface area contributed by atoms with E-state index in [-0.39, 0.29) is 0 Å². The summed E-state index contributed by atoms with van der Waals surface area (Å²) in [5, 5.41) is 3.45. The molecule has 0 saturated carbocycles. The van der Waals surface area contributed by atoms with Crippen molar-refractivity contribution in [3.05, 3.63) is 48.0 Å². The van der Waals surface area contributed by atoms with Gasteiger partial charge < -0.3 is 14.6 Å². The van der Waals surface area contributed by atoms with Crippen LogP contribution in [0.25, 0.3) is 0 Å². The molecule has 0 bridgehead atoms. The van der Waals surface area contributed by atoms with E-state index in [2.05, 4.69) is 33.9 Å². The Balaban J connectivity index is 1.74. The van der Waals surface area contributed by atoms with Crippen LogP contribution in [0.3, 0.4) is 0 Å². The molecule has 1 N–H and O–H groups in total. The highest BCUT2D eigenvalue weighted by atomic mass is 16.5. The summed E-state index contributed by atoms with van der Waals surface area (Å²) < 4.78 is 7.46. The van der Waals surface area contributed by atoms with Crippen LogP contribution in [0.5, 0.6) is 5.75 Å². The summed E-state index contributed by atoms with van der Waals surface area (Å²) in [6.07, 6.45) is 6.74. The molecule has 0 saturated heterocycles. The molecule has 0 radical (unpaired) electrons. The van der Waals surface area contributed by atoms with Crippen molar-refractivity contribution in [2.24, 2.45) is 0 Å². The number of methoxy groups -OCH3 is 1. The van der Waals surface area contributed by atoms with Crippen molar-refractivity contribution in [2.45, 2.75) is 26.4 Å². The van der Waals surface area contributed by atoms with Gasteiger partial charge in [-0.05, 0) is 26.0 Å². The maximum atomic E-state index is 5.36. The highest BCUT2D eigenvalue weighted by Gasteiger charge is 2.02.